The van der Waals surface area contributed by atoms with E-state index in [4.69, 9.17) is 16.6 Å². The van der Waals surface area contributed by atoms with Crippen LogP contribution in [0.25, 0.3) is 10.9 Å². The number of hydrogen-bond donors (Lipinski definition) is 0. The molecule has 4 heteroatoms. The van der Waals surface area contributed by atoms with Crippen molar-refractivity contribution in [3.8, 4) is 6.07 Å². The minimum absolute atomic E-state index is 0.137. The van der Waals surface area contributed by atoms with Gasteiger partial charge in [-0.15, -0.1) is 0 Å². The summed E-state index contributed by atoms with van der Waals surface area (Å²) >= 11 is 0. The molecule has 1 aliphatic rings. The molecule has 0 atom stereocenters. The lowest BCUT2D eigenvalue weighted by Gasteiger charge is -2.19. The van der Waals surface area contributed by atoms with Gasteiger partial charge in [0.05, 0.1) is 19.2 Å². The zero-order valence-corrected chi connectivity index (χ0v) is 15.1. The van der Waals surface area contributed by atoms with Crippen molar-refractivity contribution in [3.63, 3.8) is 0 Å². The number of nitriles is 1. The Morgan fingerprint density at radius 2 is 1.81 bits per heavy atom. The second kappa shape index (κ2) is 8.56. The van der Waals surface area contributed by atoms with Crippen LogP contribution in [0, 0.1) is 17.9 Å². The summed E-state index contributed by atoms with van der Waals surface area (Å²) in [6, 6.07) is 20.4. The fourth-order valence-electron chi connectivity index (χ4n) is 2.80. The van der Waals surface area contributed by atoms with Crippen molar-refractivity contribution >= 4 is 17.5 Å². The Labute approximate surface area is 159 Å². The third-order valence-corrected chi connectivity index (χ3v) is 4.34. The number of nitrogens with zero attached hydrogens (tertiary/aromatic N) is 3. The highest BCUT2D eigenvalue weighted by molar-refractivity contribution is 5.65. The van der Waals surface area contributed by atoms with Crippen LogP contribution in [0.1, 0.15) is 12.0 Å². The molecule has 2 aromatic carbocycles. The van der Waals surface area contributed by atoms with E-state index in [0.717, 1.165) is 22.5 Å². The molecule has 3 rings (SSSR count). The molecule has 1 aliphatic heterocycles. The van der Waals surface area contributed by atoms with Gasteiger partial charge in [0.25, 0.3) is 5.70 Å². The van der Waals surface area contributed by atoms with E-state index < -0.39 is 0 Å². The number of anilines is 2. The van der Waals surface area contributed by atoms with Crippen molar-refractivity contribution in [1.29, 1.82) is 5.26 Å². The van der Waals surface area contributed by atoms with Gasteiger partial charge in [-0.05, 0) is 54.0 Å². The lowest BCUT2D eigenvalue weighted by molar-refractivity contribution is 0.219. The first-order chi connectivity index (χ1) is 13.2. The Morgan fingerprint density at radius 1 is 1.11 bits per heavy atom. The highest BCUT2D eigenvalue weighted by Crippen LogP contribution is 2.24. The van der Waals surface area contributed by atoms with Crippen molar-refractivity contribution in [3.05, 3.63) is 101 Å². The maximum atomic E-state index is 9.01. The van der Waals surface area contributed by atoms with Crippen LogP contribution in [0.15, 0.2) is 83.8 Å². The van der Waals surface area contributed by atoms with E-state index in [2.05, 4.69) is 34.0 Å². The molecule has 0 unspecified atom stereocenters. The summed E-state index contributed by atoms with van der Waals surface area (Å²) in [4.78, 5) is 5.40. The van der Waals surface area contributed by atoms with E-state index in [1.165, 1.54) is 0 Å². The molecule has 0 spiro atoms. The van der Waals surface area contributed by atoms with Crippen LogP contribution in [-0.4, -0.2) is 13.7 Å². The number of para-hydroxylation sites is 1. The fourth-order valence-corrected chi connectivity index (χ4v) is 2.80. The number of hydrogen-bond acceptors (Lipinski definition) is 3. The summed E-state index contributed by atoms with van der Waals surface area (Å²) in [5.74, 6) is 0.665. The van der Waals surface area contributed by atoms with Crippen molar-refractivity contribution in [2.24, 2.45) is 0 Å². The standard InChI is InChI=1S/C23H19N3O/c1-25-23(17-24)19-14-15-27-22(16-19)13-10-18-8-11-21(12-9-18)26(2)20-6-4-3-5-7-20/h3-13,16H,14-15H2,2H3/b13-10+,23-19+. The van der Waals surface area contributed by atoms with Gasteiger partial charge in [-0.25, -0.2) is 10.1 Å². The molecule has 0 fully saturated rings. The van der Waals surface area contributed by atoms with Gasteiger partial charge in [-0.3, -0.25) is 0 Å². The van der Waals surface area contributed by atoms with Gasteiger partial charge in [0, 0.05) is 18.4 Å². The highest BCUT2D eigenvalue weighted by Gasteiger charge is 2.11. The minimum atomic E-state index is 0.137. The van der Waals surface area contributed by atoms with Gasteiger partial charge in [0.2, 0.25) is 0 Å². The SMILES string of the molecule is [C-]#[N+]/C(C#N)=C1C=C(/C=C/c2ccc(N(C)c3ccccc3)cc2)OCC/1. The van der Waals surface area contributed by atoms with Crippen LogP contribution in [0.3, 0.4) is 0 Å². The second-order valence-corrected chi connectivity index (χ2v) is 6.06. The summed E-state index contributed by atoms with van der Waals surface area (Å²) in [6.45, 7) is 7.55. The molecule has 2 aromatic rings. The molecule has 4 nitrogen and oxygen atoms in total. The van der Waals surface area contributed by atoms with Gasteiger partial charge in [-0.2, -0.15) is 0 Å². The molecule has 0 aliphatic carbocycles. The maximum Gasteiger partial charge on any atom is 0.265 e. The average molecular weight is 353 g/mol. The smallest absolute Gasteiger partial charge is 0.265 e. The average Bonchev–Trinajstić information content (AvgIpc) is 2.74. The van der Waals surface area contributed by atoms with Gasteiger partial charge < -0.3 is 9.64 Å². The third-order valence-electron chi connectivity index (χ3n) is 4.34. The Kier molecular flexibility index (Phi) is 5.72. The minimum Gasteiger partial charge on any atom is -0.493 e. The quantitative estimate of drug-likeness (QED) is 0.541. The number of rotatable bonds is 4. The second-order valence-electron chi connectivity index (χ2n) is 6.06. The topological polar surface area (TPSA) is 40.6 Å². The summed E-state index contributed by atoms with van der Waals surface area (Å²) in [7, 11) is 2.04. The van der Waals surface area contributed by atoms with Gasteiger partial charge >= 0.3 is 0 Å². The molecule has 0 aromatic heterocycles. The molecular weight excluding hydrogens is 334 g/mol. The van der Waals surface area contributed by atoms with Crippen LogP contribution in [-0.2, 0) is 4.74 Å². The molecule has 0 saturated carbocycles. The van der Waals surface area contributed by atoms with E-state index in [1.54, 1.807) is 6.08 Å². The molecule has 0 bridgehead atoms. The Morgan fingerprint density at radius 3 is 2.48 bits per heavy atom. The lowest BCUT2D eigenvalue weighted by Crippen LogP contribution is -2.08. The third kappa shape index (κ3) is 4.45. The number of benzene rings is 2. The highest BCUT2D eigenvalue weighted by atomic mass is 16.5. The zero-order valence-electron chi connectivity index (χ0n) is 15.1. The van der Waals surface area contributed by atoms with Crippen molar-refractivity contribution < 1.29 is 4.74 Å². The van der Waals surface area contributed by atoms with Gasteiger partial charge in [0.1, 0.15) is 5.76 Å². The van der Waals surface area contributed by atoms with Crippen molar-refractivity contribution in [2.45, 2.75) is 6.42 Å². The fraction of sp³-hybridized carbons (Fsp3) is 0.130. The predicted octanol–water partition coefficient (Wildman–Crippen LogP) is 5.47. The number of allylic oxidation sites excluding steroid dienone is 3. The summed E-state index contributed by atoms with van der Waals surface area (Å²) in [6.07, 6.45) is 6.19. The van der Waals surface area contributed by atoms with Gasteiger partial charge in [-0.1, -0.05) is 36.4 Å². The first kappa shape index (κ1) is 18.0. The molecule has 0 saturated heterocycles. The first-order valence-electron chi connectivity index (χ1n) is 8.63. The normalized spacial score (nSPS) is 15.3. The molecule has 0 N–H and O–H groups in total. The molecule has 132 valence electrons. The Hall–Kier alpha value is -3.76. The van der Waals surface area contributed by atoms with Crippen LogP contribution < -0.4 is 4.90 Å². The van der Waals surface area contributed by atoms with Crippen LogP contribution >= 0.6 is 0 Å². The van der Waals surface area contributed by atoms with Crippen LogP contribution in [0.5, 0.6) is 0 Å². The lowest BCUT2D eigenvalue weighted by atomic mass is 10.1. The van der Waals surface area contributed by atoms with Crippen molar-refractivity contribution in [1.82, 2.24) is 0 Å². The molecule has 27 heavy (non-hydrogen) atoms. The number of ether oxygens (including phenoxy) is 1. The summed E-state index contributed by atoms with van der Waals surface area (Å²) < 4.78 is 5.61. The maximum absolute atomic E-state index is 9.01. The summed E-state index contributed by atoms with van der Waals surface area (Å²) in [5.41, 5.74) is 4.16. The van der Waals surface area contributed by atoms with E-state index in [-0.39, 0.29) is 5.70 Å². The van der Waals surface area contributed by atoms with Crippen molar-refractivity contribution in [2.75, 3.05) is 18.6 Å². The van der Waals surface area contributed by atoms with Crippen LogP contribution in [0.4, 0.5) is 11.4 Å². The van der Waals surface area contributed by atoms with E-state index in [1.807, 2.05) is 55.6 Å². The summed E-state index contributed by atoms with van der Waals surface area (Å²) in [5, 5.41) is 9.01. The van der Waals surface area contributed by atoms with E-state index in [9.17, 15) is 0 Å². The predicted molar refractivity (Wildman–Crippen MR) is 108 cm³/mol. The Balaban J connectivity index is 1.74. The first-order valence-corrected chi connectivity index (χ1v) is 8.63. The van der Waals surface area contributed by atoms with Crippen LogP contribution in [0.2, 0.25) is 0 Å². The monoisotopic (exact) mass is 353 g/mol. The van der Waals surface area contributed by atoms with E-state index in [0.29, 0.717) is 18.8 Å². The Bertz CT molecular complexity index is 955. The largest absolute Gasteiger partial charge is 0.493 e. The molecule has 1 heterocycles. The zero-order chi connectivity index (χ0) is 19.1. The molecule has 0 radical (unpaired) electrons. The van der Waals surface area contributed by atoms with Gasteiger partial charge in [0.15, 0.2) is 0 Å². The van der Waals surface area contributed by atoms with E-state index >= 15 is 0 Å². The molecular formula is C23H19N3O. The molecule has 0 amide bonds.